The van der Waals surface area contributed by atoms with Gasteiger partial charge >= 0.3 is 0 Å². The molecular weight excluding hydrogens is 258 g/mol. The number of benzene rings is 1. The summed E-state index contributed by atoms with van der Waals surface area (Å²) in [6.45, 7) is 0. The van der Waals surface area contributed by atoms with Crippen LogP contribution in [0, 0.1) is 0 Å². The highest BCUT2D eigenvalue weighted by molar-refractivity contribution is 7.13. The van der Waals surface area contributed by atoms with E-state index in [2.05, 4.69) is 20.2 Å². The van der Waals surface area contributed by atoms with Crippen molar-refractivity contribution in [2.45, 2.75) is 12.5 Å². The lowest BCUT2D eigenvalue weighted by molar-refractivity contribution is 0.710. The van der Waals surface area contributed by atoms with Crippen LogP contribution in [0.4, 0.5) is 0 Å². The molecule has 0 saturated heterocycles. The minimum atomic E-state index is -0.0362. The maximum absolute atomic E-state index is 6.18. The molecule has 2 aromatic heterocycles. The van der Waals surface area contributed by atoms with Crippen molar-refractivity contribution in [2.75, 3.05) is 0 Å². The molecule has 3 rings (SSSR count). The van der Waals surface area contributed by atoms with Crippen LogP contribution in [0.2, 0.25) is 0 Å². The second kappa shape index (κ2) is 5.29. The van der Waals surface area contributed by atoms with Crippen LogP contribution >= 0.6 is 11.3 Å². The fourth-order valence-corrected chi connectivity index (χ4v) is 2.64. The molecule has 2 heterocycles. The van der Waals surface area contributed by atoms with Gasteiger partial charge in [0.05, 0.1) is 5.69 Å². The minimum Gasteiger partial charge on any atom is -0.324 e. The number of hydrogen-bond acceptors (Lipinski definition) is 5. The molecule has 6 heteroatoms. The standard InChI is InChI=1S/C13H13N5S/c14-11(9-4-2-1-3-5-9)6-10-7-19-13(17-10)12-15-8-16-18-12/h1-5,7-8,11H,6,14H2,(H,15,16,18). The highest BCUT2D eigenvalue weighted by Crippen LogP contribution is 2.22. The number of rotatable bonds is 4. The van der Waals surface area contributed by atoms with Gasteiger partial charge in [-0.1, -0.05) is 30.3 Å². The van der Waals surface area contributed by atoms with E-state index in [0.717, 1.165) is 16.3 Å². The van der Waals surface area contributed by atoms with Crippen molar-refractivity contribution in [3.8, 4) is 10.8 Å². The zero-order chi connectivity index (χ0) is 13.1. The number of hydrogen-bond donors (Lipinski definition) is 2. The molecule has 0 fully saturated rings. The largest absolute Gasteiger partial charge is 0.324 e. The highest BCUT2D eigenvalue weighted by Gasteiger charge is 2.11. The first kappa shape index (κ1) is 12.0. The molecule has 0 radical (unpaired) electrons. The third-order valence-electron chi connectivity index (χ3n) is 2.83. The summed E-state index contributed by atoms with van der Waals surface area (Å²) < 4.78 is 0. The molecule has 3 aromatic rings. The molecule has 96 valence electrons. The second-order valence-electron chi connectivity index (χ2n) is 4.20. The molecule has 0 bridgehead atoms. The molecule has 3 N–H and O–H groups in total. The maximum Gasteiger partial charge on any atom is 0.184 e. The Morgan fingerprint density at radius 1 is 1.26 bits per heavy atom. The van der Waals surface area contributed by atoms with Crippen LogP contribution in [0.25, 0.3) is 10.8 Å². The van der Waals surface area contributed by atoms with E-state index < -0.39 is 0 Å². The van der Waals surface area contributed by atoms with Gasteiger partial charge in [-0.25, -0.2) is 9.97 Å². The number of thiazole rings is 1. The van der Waals surface area contributed by atoms with Gasteiger partial charge in [0.15, 0.2) is 10.8 Å². The molecule has 0 aliphatic carbocycles. The van der Waals surface area contributed by atoms with Gasteiger partial charge in [-0.3, -0.25) is 5.10 Å². The van der Waals surface area contributed by atoms with E-state index in [1.807, 2.05) is 35.7 Å². The van der Waals surface area contributed by atoms with Crippen molar-refractivity contribution in [3.63, 3.8) is 0 Å². The SMILES string of the molecule is NC(Cc1csc(-c2ncn[nH]2)n1)c1ccccc1. The van der Waals surface area contributed by atoms with Crippen LogP contribution in [0.1, 0.15) is 17.3 Å². The second-order valence-corrected chi connectivity index (χ2v) is 5.06. The predicted molar refractivity (Wildman–Crippen MR) is 74.6 cm³/mol. The molecule has 0 amide bonds. The summed E-state index contributed by atoms with van der Waals surface area (Å²) in [5.41, 5.74) is 8.29. The van der Waals surface area contributed by atoms with E-state index >= 15 is 0 Å². The first-order valence-electron chi connectivity index (χ1n) is 5.93. The van der Waals surface area contributed by atoms with Crippen molar-refractivity contribution in [3.05, 3.63) is 53.3 Å². The lowest BCUT2D eigenvalue weighted by atomic mass is 10.0. The van der Waals surface area contributed by atoms with Crippen LogP contribution in [0.3, 0.4) is 0 Å². The van der Waals surface area contributed by atoms with Gasteiger partial charge in [0.25, 0.3) is 0 Å². The zero-order valence-corrected chi connectivity index (χ0v) is 11.0. The minimum absolute atomic E-state index is 0.0362. The lowest BCUT2D eigenvalue weighted by Gasteiger charge is -2.09. The lowest BCUT2D eigenvalue weighted by Crippen LogP contribution is -2.13. The van der Waals surface area contributed by atoms with Crippen LogP contribution in [-0.4, -0.2) is 20.2 Å². The Morgan fingerprint density at radius 3 is 2.84 bits per heavy atom. The summed E-state index contributed by atoms with van der Waals surface area (Å²) in [7, 11) is 0. The molecule has 1 atom stereocenters. The molecular formula is C13H13N5S. The van der Waals surface area contributed by atoms with Gasteiger partial charge in [0, 0.05) is 17.8 Å². The number of aromatic nitrogens is 4. The fourth-order valence-electron chi connectivity index (χ4n) is 1.86. The van der Waals surface area contributed by atoms with E-state index in [-0.39, 0.29) is 6.04 Å². The van der Waals surface area contributed by atoms with Crippen LogP contribution < -0.4 is 5.73 Å². The van der Waals surface area contributed by atoms with E-state index in [1.54, 1.807) is 11.3 Å². The van der Waals surface area contributed by atoms with E-state index in [0.29, 0.717) is 12.2 Å². The average molecular weight is 271 g/mol. The van der Waals surface area contributed by atoms with Crippen molar-refractivity contribution >= 4 is 11.3 Å². The molecule has 1 aromatic carbocycles. The van der Waals surface area contributed by atoms with Gasteiger partial charge in [0.1, 0.15) is 6.33 Å². The molecule has 0 spiro atoms. The summed E-state index contributed by atoms with van der Waals surface area (Å²) >= 11 is 1.54. The third-order valence-corrected chi connectivity index (χ3v) is 3.72. The zero-order valence-electron chi connectivity index (χ0n) is 10.2. The molecule has 5 nitrogen and oxygen atoms in total. The summed E-state index contributed by atoms with van der Waals surface area (Å²) in [5, 5.41) is 9.48. The van der Waals surface area contributed by atoms with Gasteiger partial charge in [-0.05, 0) is 5.56 Å². The molecule has 19 heavy (non-hydrogen) atoms. The Kier molecular flexibility index (Phi) is 3.35. The number of aromatic amines is 1. The summed E-state index contributed by atoms with van der Waals surface area (Å²) in [4.78, 5) is 8.61. The molecule has 1 unspecified atom stereocenters. The molecule has 0 aliphatic rings. The topological polar surface area (TPSA) is 80.5 Å². The third kappa shape index (κ3) is 2.69. The quantitative estimate of drug-likeness (QED) is 0.762. The van der Waals surface area contributed by atoms with Gasteiger partial charge in [-0.15, -0.1) is 11.3 Å². The monoisotopic (exact) mass is 271 g/mol. The van der Waals surface area contributed by atoms with Crippen molar-refractivity contribution in [1.82, 2.24) is 20.2 Å². The van der Waals surface area contributed by atoms with Crippen molar-refractivity contribution < 1.29 is 0 Å². The first-order chi connectivity index (χ1) is 9.33. The van der Waals surface area contributed by atoms with Crippen molar-refractivity contribution in [2.24, 2.45) is 5.73 Å². The highest BCUT2D eigenvalue weighted by atomic mass is 32.1. The first-order valence-corrected chi connectivity index (χ1v) is 6.81. The van der Waals surface area contributed by atoms with Gasteiger partial charge in [0.2, 0.25) is 0 Å². The van der Waals surface area contributed by atoms with E-state index in [1.165, 1.54) is 6.33 Å². The number of nitrogens with zero attached hydrogens (tertiary/aromatic N) is 3. The number of nitrogens with two attached hydrogens (primary N) is 1. The predicted octanol–water partition coefficient (Wildman–Crippen LogP) is 2.17. The number of H-pyrrole nitrogens is 1. The smallest absolute Gasteiger partial charge is 0.184 e. The molecule has 0 aliphatic heterocycles. The molecule has 0 saturated carbocycles. The fraction of sp³-hybridized carbons (Fsp3) is 0.154. The summed E-state index contributed by atoms with van der Waals surface area (Å²) in [6, 6.07) is 10.0. The van der Waals surface area contributed by atoms with E-state index in [9.17, 15) is 0 Å². The Balaban J connectivity index is 1.74. The average Bonchev–Trinajstić information content (AvgIpc) is 3.10. The summed E-state index contributed by atoms with van der Waals surface area (Å²) in [5.74, 6) is 0.699. The Labute approximate surface area is 114 Å². The maximum atomic E-state index is 6.18. The Hall–Kier alpha value is -2.05. The normalized spacial score (nSPS) is 12.5. The summed E-state index contributed by atoms with van der Waals surface area (Å²) in [6.07, 6.45) is 2.20. The Morgan fingerprint density at radius 2 is 2.11 bits per heavy atom. The number of nitrogens with one attached hydrogen (secondary N) is 1. The van der Waals surface area contributed by atoms with Crippen LogP contribution in [0.5, 0.6) is 0 Å². The van der Waals surface area contributed by atoms with Crippen molar-refractivity contribution in [1.29, 1.82) is 0 Å². The van der Waals surface area contributed by atoms with Gasteiger partial charge < -0.3 is 5.73 Å². The van der Waals surface area contributed by atoms with Gasteiger partial charge in [-0.2, -0.15) is 5.10 Å². The Bertz CT molecular complexity index is 632. The van der Waals surface area contributed by atoms with Crippen LogP contribution in [-0.2, 0) is 6.42 Å². The van der Waals surface area contributed by atoms with E-state index in [4.69, 9.17) is 5.73 Å². The van der Waals surface area contributed by atoms with Crippen LogP contribution in [0.15, 0.2) is 42.0 Å².